The number of ether oxygens (including phenoxy) is 1. The van der Waals surface area contributed by atoms with E-state index in [1.54, 1.807) is 6.07 Å². The van der Waals surface area contributed by atoms with E-state index in [-0.39, 0.29) is 29.7 Å². The van der Waals surface area contributed by atoms with Crippen LogP contribution in [0.4, 0.5) is 0 Å². The van der Waals surface area contributed by atoms with Gasteiger partial charge >= 0.3 is 5.97 Å². The maximum Gasteiger partial charge on any atom is 0.341 e. The van der Waals surface area contributed by atoms with Crippen LogP contribution in [0.1, 0.15) is 35.2 Å². The third-order valence-electron chi connectivity index (χ3n) is 3.19. The Morgan fingerprint density at radius 3 is 2.50 bits per heavy atom. The van der Waals surface area contributed by atoms with Gasteiger partial charge in [-0.2, -0.15) is 0 Å². The minimum atomic E-state index is -0.640. The number of hydrogen-bond donors (Lipinski definition) is 1. The molecule has 20 heavy (non-hydrogen) atoms. The fourth-order valence-corrected chi connectivity index (χ4v) is 2.12. The second kappa shape index (κ2) is 5.73. The Bertz CT molecular complexity index is 551. The molecule has 0 radical (unpaired) electrons. The van der Waals surface area contributed by atoms with Crippen LogP contribution in [0.15, 0.2) is 18.2 Å². The van der Waals surface area contributed by atoms with Crippen LogP contribution in [0.5, 0.6) is 5.75 Å². The van der Waals surface area contributed by atoms with Gasteiger partial charge in [0.05, 0.1) is 13.7 Å². The molecule has 1 aromatic rings. The van der Waals surface area contributed by atoms with Crippen molar-refractivity contribution in [1.82, 2.24) is 4.90 Å². The molecule has 1 N–H and O–H groups in total. The number of hydrogen-bond acceptors (Lipinski definition) is 5. The summed E-state index contributed by atoms with van der Waals surface area (Å²) in [6, 6.07) is 4.36. The molecule has 2 rings (SSSR count). The van der Waals surface area contributed by atoms with Crippen molar-refractivity contribution in [2.24, 2.45) is 0 Å². The fourth-order valence-electron chi connectivity index (χ4n) is 2.12. The Morgan fingerprint density at radius 1 is 1.30 bits per heavy atom. The van der Waals surface area contributed by atoms with Crippen LogP contribution in [-0.2, 0) is 20.9 Å². The third kappa shape index (κ3) is 2.79. The molecule has 0 aliphatic carbocycles. The summed E-state index contributed by atoms with van der Waals surface area (Å²) in [5, 5.41) is 9.76. The van der Waals surface area contributed by atoms with Gasteiger partial charge in [-0.25, -0.2) is 4.79 Å². The van der Waals surface area contributed by atoms with Gasteiger partial charge in [0.15, 0.2) is 0 Å². The molecular formula is C14H15NO5. The Morgan fingerprint density at radius 2 is 1.95 bits per heavy atom. The van der Waals surface area contributed by atoms with Crippen LogP contribution >= 0.6 is 0 Å². The molecule has 1 aliphatic rings. The van der Waals surface area contributed by atoms with E-state index < -0.39 is 5.97 Å². The molecule has 1 aliphatic heterocycles. The molecule has 0 saturated carbocycles. The van der Waals surface area contributed by atoms with Crippen LogP contribution in [-0.4, -0.2) is 34.9 Å². The van der Waals surface area contributed by atoms with Gasteiger partial charge in [0.2, 0.25) is 11.8 Å². The Hall–Kier alpha value is -2.37. The molecule has 0 bridgehead atoms. The second-order valence-corrected chi connectivity index (χ2v) is 4.57. The van der Waals surface area contributed by atoms with E-state index in [0.29, 0.717) is 24.8 Å². The molecule has 6 nitrogen and oxygen atoms in total. The van der Waals surface area contributed by atoms with Gasteiger partial charge in [0.25, 0.3) is 0 Å². The van der Waals surface area contributed by atoms with Crippen molar-refractivity contribution in [2.75, 3.05) is 7.11 Å². The number of aromatic hydroxyl groups is 1. The van der Waals surface area contributed by atoms with Crippen molar-refractivity contribution in [3.63, 3.8) is 0 Å². The molecule has 1 saturated heterocycles. The first-order valence-electron chi connectivity index (χ1n) is 6.26. The largest absolute Gasteiger partial charge is 0.507 e. The Labute approximate surface area is 115 Å². The van der Waals surface area contributed by atoms with Crippen LogP contribution < -0.4 is 0 Å². The summed E-state index contributed by atoms with van der Waals surface area (Å²) in [5.41, 5.74) is 0.631. The number of carbonyl (C=O) groups is 3. The van der Waals surface area contributed by atoms with Crippen LogP contribution in [0.3, 0.4) is 0 Å². The van der Waals surface area contributed by atoms with Crippen molar-refractivity contribution in [3.8, 4) is 5.75 Å². The molecule has 1 heterocycles. The lowest BCUT2D eigenvalue weighted by Crippen LogP contribution is -2.39. The molecule has 2 amide bonds. The van der Waals surface area contributed by atoms with E-state index in [2.05, 4.69) is 4.74 Å². The summed E-state index contributed by atoms with van der Waals surface area (Å²) in [6.45, 7) is 0.104. The molecule has 0 unspecified atom stereocenters. The van der Waals surface area contributed by atoms with Gasteiger partial charge in [-0.15, -0.1) is 0 Å². The quantitative estimate of drug-likeness (QED) is 0.663. The number of phenolic OH excluding ortho intramolecular Hbond substituents is 1. The molecule has 0 aromatic heterocycles. The maximum absolute atomic E-state index is 11.7. The van der Waals surface area contributed by atoms with Gasteiger partial charge in [0, 0.05) is 12.8 Å². The molecule has 0 spiro atoms. The smallest absolute Gasteiger partial charge is 0.341 e. The average molecular weight is 277 g/mol. The van der Waals surface area contributed by atoms with Crippen molar-refractivity contribution in [3.05, 3.63) is 29.3 Å². The van der Waals surface area contributed by atoms with E-state index in [0.717, 1.165) is 0 Å². The monoisotopic (exact) mass is 277 g/mol. The molecule has 0 atom stereocenters. The van der Waals surface area contributed by atoms with Gasteiger partial charge in [-0.05, 0) is 24.1 Å². The highest BCUT2D eigenvalue weighted by Gasteiger charge is 2.26. The number of rotatable bonds is 3. The summed E-state index contributed by atoms with van der Waals surface area (Å²) in [7, 11) is 1.22. The fraction of sp³-hybridized carbons (Fsp3) is 0.357. The van der Waals surface area contributed by atoms with E-state index >= 15 is 0 Å². The summed E-state index contributed by atoms with van der Waals surface area (Å²) in [4.78, 5) is 35.9. The predicted octanol–water partition coefficient (Wildman–Crippen LogP) is 1.22. The van der Waals surface area contributed by atoms with Crippen molar-refractivity contribution < 1.29 is 24.2 Å². The number of nitrogens with zero attached hydrogens (tertiary/aromatic N) is 1. The Balaban J connectivity index is 2.18. The zero-order valence-electron chi connectivity index (χ0n) is 11.1. The SMILES string of the molecule is COC(=O)c1ccc(CN2C(=O)CCCC2=O)cc1O. The zero-order chi connectivity index (χ0) is 14.7. The van der Waals surface area contributed by atoms with E-state index in [1.807, 2.05) is 0 Å². The standard InChI is InChI=1S/C14H15NO5/c1-20-14(19)10-6-5-9(7-11(10)16)8-15-12(17)3-2-4-13(15)18/h5-7,16H,2-4,8H2,1H3. The predicted molar refractivity (Wildman–Crippen MR) is 68.9 cm³/mol. The number of piperidine rings is 1. The second-order valence-electron chi connectivity index (χ2n) is 4.57. The first-order valence-corrected chi connectivity index (χ1v) is 6.26. The number of methoxy groups -OCH3 is 1. The molecule has 1 aromatic carbocycles. The van der Waals surface area contributed by atoms with E-state index in [1.165, 1.54) is 24.1 Å². The number of phenols is 1. The minimum Gasteiger partial charge on any atom is -0.507 e. The van der Waals surface area contributed by atoms with Crippen LogP contribution in [0, 0.1) is 0 Å². The lowest BCUT2D eigenvalue weighted by atomic mass is 10.1. The van der Waals surface area contributed by atoms with Gasteiger partial charge < -0.3 is 9.84 Å². The molecule has 106 valence electrons. The van der Waals surface area contributed by atoms with Crippen molar-refractivity contribution in [1.29, 1.82) is 0 Å². The number of amides is 2. The highest BCUT2D eigenvalue weighted by atomic mass is 16.5. The number of benzene rings is 1. The van der Waals surface area contributed by atoms with Crippen molar-refractivity contribution >= 4 is 17.8 Å². The highest BCUT2D eigenvalue weighted by molar-refractivity contribution is 5.97. The summed E-state index contributed by atoms with van der Waals surface area (Å²) >= 11 is 0. The normalized spacial score (nSPS) is 15.3. The zero-order valence-corrected chi connectivity index (χ0v) is 11.1. The number of imide groups is 1. The van der Waals surface area contributed by atoms with E-state index in [4.69, 9.17) is 0 Å². The van der Waals surface area contributed by atoms with Crippen molar-refractivity contribution in [2.45, 2.75) is 25.8 Å². The van der Waals surface area contributed by atoms with Crippen LogP contribution in [0.25, 0.3) is 0 Å². The van der Waals surface area contributed by atoms with Gasteiger partial charge in [-0.3, -0.25) is 14.5 Å². The molecule has 1 fully saturated rings. The Kier molecular flexibility index (Phi) is 4.02. The topological polar surface area (TPSA) is 83.9 Å². The number of carbonyl (C=O) groups excluding carboxylic acids is 3. The number of likely N-dealkylation sites (tertiary alicyclic amines) is 1. The highest BCUT2D eigenvalue weighted by Crippen LogP contribution is 2.22. The van der Waals surface area contributed by atoms with Gasteiger partial charge in [-0.1, -0.05) is 6.07 Å². The molecular weight excluding hydrogens is 262 g/mol. The maximum atomic E-state index is 11.7. The van der Waals surface area contributed by atoms with E-state index in [9.17, 15) is 19.5 Å². The summed E-state index contributed by atoms with van der Waals surface area (Å²) < 4.78 is 4.52. The lowest BCUT2D eigenvalue weighted by molar-refractivity contribution is -0.148. The van der Waals surface area contributed by atoms with Crippen LogP contribution in [0.2, 0.25) is 0 Å². The average Bonchev–Trinajstić information content (AvgIpc) is 2.42. The van der Waals surface area contributed by atoms with Gasteiger partial charge in [0.1, 0.15) is 11.3 Å². The summed E-state index contributed by atoms with van der Waals surface area (Å²) in [5.74, 6) is -1.29. The first-order chi connectivity index (χ1) is 9.52. The summed E-state index contributed by atoms with van der Waals surface area (Å²) in [6.07, 6.45) is 1.30. The number of esters is 1. The lowest BCUT2D eigenvalue weighted by Gasteiger charge is -2.24. The molecule has 6 heteroatoms. The third-order valence-corrected chi connectivity index (χ3v) is 3.19. The first kappa shape index (κ1) is 14.0. The minimum absolute atomic E-state index is 0.0487.